The molecule has 0 bridgehead atoms. The second-order valence-electron chi connectivity index (χ2n) is 1.66. The first-order chi connectivity index (χ1) is 6.00. The molecule has 0 spiro atoms. The van der Waals surface area contributed by atoms with E-state index in [4.69, 9.17) is 0 Å². The van der Waals surface area contributed by atoms with Gasteiger partial charge in [-0.05, 0) is 57.6 Å². The lowest BCUT2D eigenvalue weighted by Crippen LogP contribution is -1.43. The van der Waals surface area contributed by atoms with Crippen LogP contribution in [0.1, 0.15) is 0 Å². The van der Waals surface area contributed by atoms with E-state index in [2.05, 4.69) is 35.9 Å². The Hall–Kier alpha value is 1.02. The first kappa shape index (κ1) is 11.1. The Labute approximate surface area is 82.0 Å². The fourth-order valence-electron chi connectivity index (χ4n) is 0.446. The highest BCUT2D eigenvalue weighted by Crippen LogP contribution is 2.46. The van der Waals surface area contributed by atoms with E-state index in [0.29, 0.717) is 0 Å². The van der Waals surface area contributed by atoms with Crippen molar-refractivity contribution in [1.82, 2.24) is 0 Å². The van der Waals surface area contributed by atoms with Gasteiger partial charge in [-0.15, -0.1) is 0 Å². The van der Waals surface area contributed by atoms with Gasteiger partial charge < -0.3 is 0 Å². The van der Waals surface area contributed by atoms with Gasteiger partial charge >= 0.3 is 0 Å². The predicted octanol–water partition coefficient (Wildman–Crippen LogP) is 6.84. The van der Waals surface area contributed by atoms with Crippen molar-refractivity contribution < 1.29 is 0 Å². The van der Waals surface area contributed by atoms with Crippen LogP contribution in [-0.2, 0) is 0 Å². The van der Waals surface area contributed by atoms with Gasteiger partial charge in [0.25, 0.3) is 0 Å². The lowest BCUT2D eigenvalue weighted by atomic mass is 10.5. The second-order valence-corrected chi connectivity index (χ2v) is 13.4. The third-order valence-corrected chi connectivity index (χ3v) is 14.6. The van der Waals surface area contributed by atoms with Crippen LogP contribution in [0.3, 0.4) is 0 Å². The molecule has 0 unspecified atom stereocenters. The number of hydrogen-bond acceptors (Lipinski definition) is 0. The second kappa shape index (κ2) is 8.61. The summed E-state index contributed by atoms with van der Waals surface area (Å²) in [5.74, 6) is 4.40. The average molecular weight is 264 g/mol. The zero-order chi connectivity index (χ0) is 8.49. The largest absolute Gasteiger partial charge is 0.0619 e. The first-order valence-corrected chi connectivity index (χ1v) is 12.2. The zero-order valence-corrected chi connectivity index (χ0v) is 11.5. The average Bonchev–Trinajstić information content (AvgIpc) is 2.05. The summed E-state index contributed by atoms with van der Waals surface area (Å²) in [5, 5.41) is 0. The van der Waals surface area contributed by atoms with Crippen molar-refractivity contribution in [2.75, 3.05) is 0 Å². The van der Waals surface area contributed by atoms with Gasteiger partial charge in [0, 0.05) is 0 Å². The molecule has 60 valence electrons. The molecule has 1 rings (SSSR count). The van der Waals surface area contributed by atoms with E-state index in [0.717, 1.165) is 0 Å². The van der Waals surface area contributed by atoms with Gasteiger partial charge in [-0.1, -0.05) is 24.3 Å². The van der Waals surface area contributed by atoms with E-state index in [-0.39, 0.29) is 0 Å². The molecular formula is C6H6P6. The SMILES string of the molecule is C1=C\P=P/P=P\P=P\C=C/C=C/1. The Morgan fingerprint density at radius 3 is 1.50 bits per heavy atom. The van der Waals surface area contributed by atoms with E-state index in [1.165, 1.54) is 46.0 Å². The van der Waals surface area contributed by atoms with Crippen LogP contribution in [0.4, 0.5) is 0 Å². The number of allylic oxidation sites excluding steroid dienone is 4. The Balaban J connectivity index is 2.67. The summed E-state index contributed by atoms with van der Waals surface area (Å²) in [6.45, 7) is 0. The minimum absolute atomic E-state index is 1.41. The molecule has 0 nitrogen and oxygen atoms in total. The highest BCUT2D eigenvalue weighted by molar-refractivity contribution is 8.48. The van der Waals surface area contributed by atoms with Crippen molar-refractivity contribution in [2.24, 2.45) is 0 Å². The van der Waals surface area contributed by atoms with Gasteiger partial charge in [0.2, 0.25) is 0 Å². The van der Waals surface area contributed by atoms with Crippen LogP contribution in [0.2, 0.25) is 0 Å². The van der Waals surface area contributed by atoms with Crippen LogP contribution in [-0.4, -0.2) is 0 Å². The summed E-state index contributed by atoms with van der Waals surface area (Å²) in [6, 6.07) is 0. The van der Waals surface area contributed by atoms with Crippen molar-refractivity contribution in [3.05, 3.63) is 35.9 Å². The Bertz CT molecular complexity index is 181. The molecular weight excluding hydrogens is 258 g/mol. The third-order valence-electron chi connectivity index (χ3n) is 0.862. The molecule has 0 aromatic carbocycles. The molecule has 0 saturated carbocycles. The minimum Gasteiger partial charge on any atom is -0.0619 e. The van der Waals surface area contributed by atoms with Crippen molar-refractivity contribution in [3.8, 4) is 0 Å². The molecule has 0 aliphatic carbocycles. The van der Waals surface area contributed by atoms with Crippen molar-refractivity contribution in [2.45, 2.75) is 0 Å². The number of hydrogen-bond donors (Lipinski definition) is 0. The molecule has 0 amide bonds. The van der Waals surface area contributed by atoms with Gasteiger partial charge in [0.15, 0.2) is 0 Å². The molecule has 0 aromatic rings. The molecule has 0 fully saturated rings. The standard InChI is InChI=1S/C6H6P6/c1-2-4-6-8-10-12-11-9-7-5-3-1/h1-6H/b2-1+,3-1?,4-2?,5-3-,6-4-. The van der Waals surface area contributed by atoms with Crippen LogP contribution >= 0.6 is 46.0 Å². The van der Waals surface area contributed by atoms with Crippen molar-refractivity contribution >= 4 is 46.0 Å². The highest BCUT2D eigenvalue weighted by atomic mass is 32.5. The van der Waals surface area contributed by atoms with Crippen LogP contribution in [0.15, 0.2) is 35.9 Å². The zero-order valence-electron chi connectivity index (χ0n) is 6.15. The summed E-state index contributed by atoms with van der Waals surface area (Å²) in [5.41, 5.74) is 0. The minimum atomic E-state index is 1.41. The summed E-state index contributed by atoms with van der Waals surface area (Å²) >= 11 is 0. The highest BCUT2D eigenvalue weighted by Gasteiger charge is 1.69. The fraction of sp³-hybridized carbons (Fsp3) is 0. The maximum Gasteiger partial charge on any atom is -0.000379 e. The first-order valence-electron chi connectivity index (χ1n) is 3.18. The lowest BCUT2D eigenvalue weighted by molar-refractivity contribution is 1.96. The van der Waals surface area contributed by atoms with E-state index in [1.807, 2.05) is 0 Å². The van der Waals surface area contributed by atoms with Gasteiger partial charge in [-0.3, -0.25) is 0 Å². The smallest absolute Gasteiger partial charge is 0.000379 e. The van der Waals surface area contributed by atoms with Crippen molar-refractivity contribution in [1.29, 1.82) is 0 Å². The molecule has 0 atom stereocenters. The summed E-state index contributed by atoms with van der Waals surface area (Å²) in [4.78, 5) is 0. The normalized spacial score (nSPS) is 32.0. The molecule has 0 radical (unpaired) electrons. The van der Waals surface area contributed by atoms with E-state index < -0.39 is 0 Å². The molecule has 1 aliphatic rings. The van der Waals surface area contributed by atoms with Gasteiger partial charge in [0.1, 0.15) is 0 Å². The van der Waals surface area contributed by atoms with Gasteiger partial charge in [-0.25, -0.2) is 0 Å². The Morgan fingerprint density at radius 2 is 1.00 bits per heavy atom. The fourth-order valence-corrected chi connectivity index (χ4v) is 15.2. The van der Waals surface area contributed by atoms with Crippen LogP contribution in [0, 0.1) is 0 Å². The molecule has 12 heavy (non-hydrogen) atoms. The quantitative estimate of drug-likeness (QED) is 0.420. The van der Waals surface area contributed by atoms with Crippen LogP contribution in [0.25, 0.3) is 0 Å². The summed E-state index contributed by atoms with van der Waals surface area (Å²) in [6.07, 6.45) is 8.40. The lowest BCUT2D eigenvalue weighted by Gasteiger charge is -1.74. The summed E-state index contributed by atoms with van der Waals surface area (Å²) < 4.78 is 0. The maximum atomic E-state index is 2.20. The van der Waals surface area contributed by atoms with Crippen LogP contribution in [0.5, 0.6) is 0 Å². The topological polar surface area (TPSA) is 0 Å². The van der Waals surface area contributed by atoms with Gasteiger partial charge in [-0.2, -0.15) is 0 Å². The van der Waals surface area contributed by atoms with Gasteiger partial charge in [0.05, 0.1) is 0 Å². The summed E-state index contributed by atoms with van der Waals surface area (Å²) in [7, 11) is 8.87. The van der Waals surface area contributed by atoms with Crippen molar-refractivity contribution in [3.63, 3.8) is 0 Å². The number of rotatable bonds is 0. The monoisotopic (exact) mass is 264 g/mol. The molecule has 1 aliphatic heterocycles. The Morgan fingerprint density at radius 1 is 0.500 bits per heavy atom. The third kappa shape index (κ3) is 6.53. The van der Waals surface area contributed by atoms with E-state index in [9.17, 15) is 0 Å². The maximum absolute atomic E-state index is 2.20. The van der Waals surface area contributed by atoms with Crippen LogP contribution < -0.4 is 0 Å². The molecule has 1 heterocycles. The Kier molecular flexibility index (Phi) is 7.96. The van der Waals surface area contributed by atoms with E-state index >= 15 is 0 Å². The van der Waals surface area contributed by atoms with E-state index in [1.54, 1.807) is 0 Å². The predicted molar refractivity (Wildman–Crippen MR) is 68.9 cm³/mol. The molecule has 0 N–H and O–H groups in total. The molecule has 0 aromatic heterocycles. The molecule has 6 heteroatoms. The molecule has 0 saturated heterocycles.